The van der Waals surface area contributed by atoms with Crippen molar-refractivity contribution in [1.29, 1.82) is 0 Å². The summed E-state index contributed by atoms with van der Waals surface area (Å²) in [6, 6.07) is 23.7. The number of anilines is 1. The van der Waals surface area contributed by atoms with E-state index in [2.05, 4.69) is 40.4 Å². The molecular formula is C25H27BrN2O2. The van der Waals surface area contributed by atoms with Gasteiger partial charge in [-0.3, -0.25) is 4.79 Å². The molecule has 156 valence electrons. The van der Waals surface area contributed by atoms with E-state index in [9.17, 15) is 4.79 Å². The van der Waals surface area contributed by atoms with E-state index in [1.165, 1.54) is 0 Å². The van der Waals surface area contributed by atoms with Crippen molar-refractivity contribution in [1.82, 2.24) is 5.32 Å². The third-order valence-corrected chi connectivity index (χ3v) is 5.03. The summed E-state index contributed by atoms with van der Waals surface area (Å²) < 4.78 is 7.05. The van der Waals surface area contributed by atoms with E-state index in [1.807, 2.05) is 72.8 Å². The molecule has 0 bridgehead atoms. The van der Waals surface area contributed by atoms with E-state index in [0.717, 1.165) is 27.0 Å². The van der Waals surface area contributed by atoms with Gasteiger partial charge >= 0.3 is 0 Å². The first-order chi connectivity index (χ1) is 14.5. The molecule has 5 heteroatoms. The number of carbonyl (C=O) groups excluding carboxylic acids is 1. The van der Waals surface area contributed by atoms with Crippen molar-refractivity contribution in [3.8, 4) is 5.75 Å². The van der Waals surface area contributed by atoms with Crippen molar-refractivity contribution in [3.05, 3.63) is 94.0 Å². The summed E-state index contributed by atoms with van der Waals surface area (Å²) in [5.74, 6) is 1.20. The van der Waals surface area contributed by atoms with Crippen molar-refractivity contribution in [3.63, 3.8) is 0 Å². The van der Waals surface area contributed by atoms with Crippen LogP contribution in [0.25, 0.3) is 0 Å². The van der Waals surface area contributed by atoms with Crippen LogP contribution in [0.1, 0.15) is 35.3 Å². The molecule has 4 nitrogen and oxygen atoms in total. The average Bonchev–Trinajstić information content (AvgIpc) is 2.76. The predicted molar refractivity (Wildman–Crippen MR) is 126 cm³/mol. The zero-order valence-electron chi connectivity index (χ0n) is 17.3. The number of carbonyl (C=O) groups is 1. The molecule has 0 unspecified atom stereocenters. The first-order valence-corrected chi connectivity index (χ1v) is 10.9. The molecule has 0 heterocycles. The number of benzene rings is 3. The van der Waals surface area contributed by atoms with Gasteiger partial charge in [0.05, 0.1) is 0 Å². The standard InChI is InChI=1S/C25H27BrN2O2/c1-18(2)15-28-25(29)20-9-6-10-23(14-20)27-16-21-13-22(26)11-12-24(21)30-17-19-7-4-3-5-8-19/h3-14,18,27H,15-17H2,1-2H3,(H,28,29). The van der Waals surface area contributed by atoms with Gasteiger partial charge in [-0.15, -0.1) is 0 Å². The highest BCUT2D eigenvalue weighted by atomic mass is 79.9. The van der Waals surface area contributed by atoms with Gasteiger partial charge in [-0.25, -0.2) is 0 Å². The van der Waals surface area contributed by atoms with Gasteiger partial charge in [-0.1, -0.05) is 66.2 Å². The molecule has 2 N–H and O–H groups in total. The topological polar surface area (TPSA) is 50.4 Å². The Balaban J connectivity index is 1.66. The minimum Gasteiger partial charge on any atom is -0.489 e. The highest BCUT2D eigenvalue weighted by Crippen LogP contribution is 2.25. The zero-order chi connectivity index (χ0) is 21.3. The Morgan fingerprint density at radius 2 is 1.80 bits per heavy atom. The van der Waals surface area contributed by atoms with Crippen molar-refractivity contribution >= 4 is 27.5 Å². The lowest BCUT2D eigenvalue weighted by atomic mass is 10.1. The zero-order valence-corrected chi connectivity index (χ0v) is 18.9. The number of nitrogens with one attached hydrogen (secondary N) is 2. The quantitative estimate of drug-likeness (QED) is 0.404. The van der Waals surface area contributed by atoms with E-state index in [0.29, 0.717) is 31.2 Å². The van der Waals surface area contributed by atoms with E-state index in [-0.39, 0.29) is 5.91 Å². The second-order valence-corrected chi connectivity index (χ2v) is 8.48. The van der Waals surface area contributed by atoms with Gasteiger partial charge in [0, 0.05) is 34.4 Å². The highest BCUT2D eigenvalue weighted by molar-refractivity contribution is 9.10. The van der Waals surface area contributed by atoms with Crippen LogP contribution in [0.2, 0.25) is 0 Å². The molecule has 0 aliphatic rings. The van der Waals surface area contributed by atoms with Gasteiger partial charge in [0.25, 0.3) is 5.91 Å². The highest BCUT2D eigenvalue weighted by Gasteiger charge is 2.09. The smallest absolute Gasteiger partial charge is 0.251 e. The minimum atomic E-state index is -0.0540. The largest absolute Gasteiger partial charge is 0.489 e. The number of hydrogen-bond donors (Lipinski definition) is 2. The Bertz CT molecular complexity index is 974. The summed E-state index contributed by atoms with van der Waals surface area (Å²) >= 11 is 3.54. The molecule has 0 aliphatic carbocycles. The van der Waals surface area contributed by atoms with Crippen LogP contribution in [-0.4, -0.2) is 12.5 Å². The van der Waals surface area contributed by atoms with Crippen LogP contribution in [-0.2, 0) is 13.2 Å². The van der Waals surface area contributed by atoms with Gasteiger partial charge in [-0.05, 0) is 47.9 Å². The van der Waals surface area contributed by atoms with Crippen LogP contribution in [0, 0.1) is 5.92 Å². The van der Waals surface area contributed by atoms with Gasteiger partial charge in [-0.2, -0.15) is 0 Å². The lowest BCUT2D eigenvalue weighted by Crippen LogP contribution is -2.27. The van der Waals surface area contributed by atoms with Gasteiger partial charge in [0.1, 0.15) is 12.4 Å². The number of hydrogen-bond acceptors (Lipinski definition) is 3. The minimum absolute atomic E-state index is 0.0540. The number of rotatable bonds is 9. The van der Waals surface area contributed by atoms with Crippen LogP contribution in [0.4, 0.5) is 5.69 Å². The van der Waals surface area contributed by atoms with Crippen molar-refractivity contribution in [2.75, 3.05) is 11.9 Å². The monoisotopic (exact) mass is 466 g/mol. The van der Waals surface area contributed by atoms with Crippen LogP contribution < -0.4 is 15.4 Å². The molecule has 0 aromatic heterocycles. The van der Waals surface area contributed by atoms with Crippen LogP contribution >= 0.6 is 15.9 Å². The normalized spacial score (nSPS) is 10.7. The van der Waals surface area contributed by atoms with Gasteiger partial charge in [0.2, 0.25) is 0 Å². The van der Waals surface area contributed by atoms with E-state index in [4.69, 9.17) is 4.74 Å². The Kier molecular flexibility index (Phi) is 7.91. The third-order valence-electron chi connectivity index (χ3n) is 4.54. The molecule has 3 rings (SSSR count). The van der Waals surface area contributed by atoms with Crippen molar-refractivity contribution < 1.29 is 9.53 Å². The second kappa shape index (κ2) is 10.8. The van der Waals surface area contributed by atoms with Crippen LogP contribution in [0.3, 0.4) is 0 Å². The predicted octanol–water partition coefficient (Wildman–Crippen LogP) is 6.03. The Morgan fingerprint density at radius 3 is 2.57 bits per heavy atom. The number of halogens is 1. The van der Waals surface area contributed by atoms with Gasteiger partial charge in [0.15, 0.2) is 0 Å². The summed E-state index contributed by atoms with van der Waals surface area (Å²) in [6.07, 6.45) is 0. The summed E-state index contributed by atoms with van der Waals surface area (Å²) in [7, 11) is 0. The molecule has 3 aromatic rings. The molecule has 3 aromatic carbocycles. The average molecular weight is 467 g/mol. The van der Waals surface area contributed by atoms with E-state index < -0.39 is 0 Å². The van der Waals surface area contributed by atoms with Crippen LogP contribution in [0.15, 0.2) is 77.3 Å². The third kappa shape index (κ3) is 6.63. The Morgan fingerprint density at radius 1 is 1.00 bits per heavy atom. The molecule has 0 saturated heterocycles. The molecule has 0 spiro atoms. The summed E-state index contributed by atoms with van der Waals surface area (Å²) in [6.45, 7) is 5.92. The first-order valence-electron chi connectivity index (χ1n) is 10.1. The maximum Gasteiger partial charge on any atom is 0.251 e. The number of ether oxygens (including phenoxy) is 1. The van der Waals surface area contributed by atoms with Crippen LogP contribution in [0.5, 0.6) is 5.75 Å². The summed E-state index contributed by atoms with van der Waals surface area (Å²) in [5.41, 5.74) is 3.70. The Labute approximate surface area is 186 Å². The molecule has 0 saturated carbocycles. The second-order valence-electron chi connectivity index (χ2n) is 7.56. The molecule has 0 aliphatic heterocycles. The lowest BCUT2D eigenvalue weighted by molar-refractivity contribution is 0.0949. The SMILES string of the molecule is CC(C)CNC(=O)c1cccc(NCc2cc(Br)ccc2OCc2ccccc2)c1. The van der Waals surface area contributed by atoms with E-state index in [1.54, 1.807) is 0 Å². The maximum atomic E-state index is 12.3. The molecule has 0 atom stereocenters. The molecule has 0 radical (unpaired) electrons. The van der Waals surface area contributed by atoms with Crippen molar-refractivity contribution in [2.45, 2.75) is 27.0 Å². The molecule has 30 heavy (non-hydrogen) atoms. The lowest BCUT2D eigenvalue weighted by Gasteiger charge is -2.14. The summed E-state index contributed by atoms with van der Waals surface area (Å²) in [4.78, 5) is 12.3. The fourth-order valence-corrected chi connectivity index (χ4v) is 3.34. The Hall–Kier alpha value is -2.79. The number of amides is 1. The summed E-state index contributed by atoms with van der Waals surface area (Å²) in [5, 5.41) is 6.36. The van der Waals surface area contributed by atoms with Crippen molar-refractivity contribution in [2.24, 2.45) is 5.92 Å². The fourth-order valence-electron chi connectivity index (χ4n) is 2.93. The maximum absolute atomic E-state index is 12.3. The molecule has 1 amide bonds. The molecule has 0 fully saturated rings. The molecular weight excluding hydrogens is 440 g/mol. The fraction of sp³-hybridized carbons (Fsp3) is 0.240. The first kappa shape index (κ1) is 21.9. The van der Waals surface area contributed by atoms with E-state index >= 15 is 0 Å². The van der Waals surface area contributed by atoms with Gasteiger partial charge < -0.3 is 15.4 Å².